The zero-order valence-electron chi connectivity index (χ0n) is 21.5. The Labute approximate surface area is 223 Å². The molecule has 3 aromatic carbocycles. The van der Waals surface area contributed by atoms with Crippen LogP contribution in [0.25, 0.3) is 22.3 Å². The largest absolute Gasteiger partial charge is 0.465 e. The van der Waals surface area contributed by atoms with Gasteiger partial charge in [0.25, 0.3) is 0 Å². The molecule has 0 atom stereocenters. The fraction of sp³-hybridized carbons (Fsp3) is 0.125. The minimum absolute atomic E-state index is 0.123. The molecule has 0 aliphatic heterocycles. The van der Waals surface area contributed by atoms with Crippen LogP contribution in [-0.4, -0.2) is 25.2 Å². The lowest BCUT2D eigenvalue weighted by atomic mass is 10.0. The third-order valence-electron chi connectivity index (χ3n) is 5.18. The number of ether oxygens (including phenoxy) is 4. The second-order valence-corrected chi connectivity index (χ2v) is 8.36. The molecular formula is C32H30O6. The Morgan fingerprint density at radius 1 is 0.579 bits per heavy atom. The number of hydrogen-bond acceptors (Lipinski definition) is 6. The van der Waals surface area contributed by atoms with Crippen molar-refractivity contribution in [2.45, 2.75) is 13.8 Å². The zero-order chi connectivity index (χ0) is 27.3. The highest BCUT2D eigenvalue weighted by Crippen LogP contribution is 2.27. The molecule has 0 amide bonds. The highest BCUT2D eigenvalue weighted by molar-refractivity contribution is 5.87. The molecule has 0 aliphatic carbocycles. The van der Waals surface area contributed by atoms with E-state index in [9.17, 15) is 9.59 Å². The summed E-state index contributed by atoms with van der Waals surface area (Å²) in [5.41, 5.74) is 5.01. The summed E-state index contributed by atoms with van der Waals surface area (Å²) in [6, 6.07) is 23.7. The van der Waals surface area contributed by atoms with Crippen molar-refractivity contribution in [2.75, 3.05) is 13.2 Å². The van der Waals surface area contributed by atoms with Crippen molar-refractivity contribution in [2.24, 2.45) is 0 Å². The lowest BCUT2D eigenvalue weighted by Crippen LogP contribution is -2.04. The topological polar surface area (TPSA) is 71.1 Å². The molecule has 0 N–H and O–H groups in total. The molecular weight excluding hydrogens is 480 g/mol. The molecule has 0 fully saturated rings. The van der Waals surface area contributed by atoms with Crippen molar-refractivity contribution in [1.29, 1.82) is 0 Å². The van der Waals surface area contributed by atoms with Gasteiger partial charge in [0.1, 0.15) is 24.7 Å². The molecule has 0 heterocycles. The molecule has 0 unspecified atom stereocenters. The summed E-state index contributed by atoms with van der Waals surface area (Å²) >= 11 is 0. The third-order valence-corrected chi connectivity index (χ3v) is 5.18. The first-order valence-corrected chi connectivity index (χ1v) is 11.9. The summed E-state index contributed by atoms with van der Waals surface area (Å²) in [7, 11) is 0. The van der Waals surface area contributed by atoms with Gasteiger partial charge in [-0.2, -0.15) is 0 Å². The predicted molar refractivity (Wildman–Crippen MR) is 148 cm³/mol. The summed E-state index contributed by atoms with van der Waals surface area (Å²) in [5.74, 6) is 0.498. The van der Waals surface area contributed by atoms with E-state index in [1.54, 1.807) is 26.0 Å². The van der Waals surface area contributed by atoms with Crippen LogP contribution in [0.5, 0.6) is 11.5 Å². The third kappa shape index (κ3) is 8.68. The molecule has 6 nitrogen and oxygen atoms in total. The normalized spacial score (nSPS) is 10.8. The van der Waals surface area contributed by atoms with Crippen molar-refractivity contribution in [1.82, 2.24) is 0 Å². The van der Waals surface area contributed by atoms with Gasteiger partial charge in [-0.25, -0.2) is 9.59 Å². The summed E-state index contributed by atoms with van der Waals surface area (Å²) < 4.78 is 21.0. The fourth-order valence-electron chi connectivity index (χ4n) is 3.13. The van der Waals surface area contributed by atoms with Gasteiger partial charge in [-0.1, -0.05) is 61.7 Å². The number of rotatable bonds is 12. The second-order valence-electron chi connectivity index (χ2n) is 8.36. The van der Waals surface area contributed by atoms with E-state index in [-0.39, 0.29) is 13.2 Å². The smallest absolute Gasteiger partial charge is 0.333 e. The Morgan fingerprint density at radius 3 is 1.16 bits per heavy atom. The number of esters is 2. The molecule has 0 spiro atoms. The van der Waals surface area contributed by atoms with Crippen molar-refractivity contribution < 1.29 is 28.5 Å². The first-order valence-electron chi connectivity index (χ1n) is 11.9. The van der Waals surface area contributed by atoms with E-state index in [1.807, 2.05) is 48.5 Å². The summed E-state index contributed by atoms with van der Waals surface area (Å²) in [5, 5.41) is 0. The first-order chi connectivity index (χ1) is 18.3. The van der Waals surface area contributed by atoms with E-state index < -0.39 is 11.9 Å². The molecule has 194 valence electrons. The molecule has 0 saturated carbocycles. The van der Waals surface area contributed by atoms with Crippen LogP contribution in [0.1, 0.15) is 13.8 Å². The molecule has 0 saturated heterocycles. The highest BCUT2D eigenvalue weighted by atomic mass is 16.5. The highest BCUT2D eigenvalue weighted by Gasteiger charge is 2.03. The van der Waals surface area contributed by atoms with Gasteiger partial charge in [-0.05, 0) is 72.5 Å². The van der Waals surface area contributed by atoms with E-state index in [2.05, 4.69) is 37.4 Å². The van der Waals surface area contributed by atoms with Crippen LogP contribution in [0, 0.1) is 0 Å². The number of hydrogen-bond donors (Lipinski definition) is 0. The van der Waals surface area contributed by atoms with Crippen LogP contribution in [0.3, 0.4) is 0 Å². The predicted octanol–water partition coefficient (Wildman–Crippen LogP) is 7.04. The monoisotopic (exact) mass is 510 g/mol. The van der Waals surface area contributed by atoms with Crippen LogP contribution >= 0.6 is 0 Å². The van der Waals surface area contributed by atoms with Crippen LogP contribution in [0.15, 0.2) is 122 Å². The maximum atomic E-state index is 11.3. The summed E-state index contributed by atoms with van der Waals surface area (Å²) in [6.07, 6.45) is 6.22. The van der Waals surface area contributed by atoms with Crippen LogP contribution in [0.4, 0.5) is 0 Å². The number of carbonyl (C=O) groups excluding carboxylic acids is 2. The lowest BCUT2D eigenvalue weighted by molar-refractivity contribution is -0.138. The fourth-order valence-corrected chi connectivity index (χ4v) is 3.13. The van der Waals surface area contributed by atoms with Crippen molar-refractivity contribution >= 4 is 11.9 Å². The lowest BCUT2D eigenvalue weighted by Gasteiger charge is -2.07. The summed E-state index contributed by atoms with van der Waals surface area (Å²) in [6.45, 7) is 10.5. The Kier molecular flexibility index (Phi) is 10.3. The number of benzene rings is 3. The minimum atomic E-state index is -0.430. The SMILES string of the molecule is C=C(C)C(=O)OC/C=C/Oc1ccc(-c2ccc(-c3ccc(O/C=C/COC(=O)C(=C)C)cc3)cc2)cc1. The van der Waals surface area contributed by atoms with E-state index in [4.69, 9.17) is 18.9 Å². The molecule has 0 radical (unpaired) electrons. The maximum Gasteiger partial charge on any atom is 0.333 e. The molecule has 0 aliphatic rings. The Balaban J connectivity index is 1.50. The van der Waals surface area contributed by atoms with Gasteiger partial charge in [0.05, 0.1) is 12.5 Å². The van der Waals surface area contributed by atoms with Gasteiger partial charge in [0.2, 0.25) is 0 Å². The first kappa shape index (κ1) is 27.7. The molecule has 38 heavy (non-hydrogen) atoms. The van der Waals surface area contributed by atoms with Crippen LogP contribution < -0.4 is 9.47 Å². The molecule has 3 aromatic rings. The quantitative estimate of drug-likeness (QED) is 0.148. The van der Waals surface area contributed by atoms with E-state index in [0.717, 1.165) is 22.3 Å². The van der Waals surface area contributed by atoms with Gasteiger partial charge in [0, 0.05) is 11.1 Å². The van der Waals surface area contributed by atoms with Crippen molar-refractivity contribution in [3.8, 4) is 33.8 Å². The molecule has 6 heteroatoms. The van der Waals surface area contributed by atoms with Gasteiger partial charge in [0.15, 0.2) is 0 Å². The molecule has 0 bridgehead atoms. The Morgan fingerprint density at radius 2 is 0.868 bits per heavy atom. The molecule has 0 aromatic heterocycles. The van der Waals surface area contributed by atoms with E-state index in [0.29, 0.717) is 22.6 Å². The number of carbonyl (C=O) groups is 2. The van der Waals surface area contributed by atoms with E-state index in [1.165, 1.54) is 12.5 Å². The Hall–Kier alpha value is -4.84. The molecule has 3 rings (SSSR count). The van der Waals surface area contributed by atoms with Crippen LogP contribution in [-0.2, 0) is 19.1 Å². The maximum absolute atomic E-state index is 11.3. The summed E-state index contributed by atoms with van der Waals surface area (Å²) in [4.78, 5) is 22.7. The minimum Gasteiger partial charge on any atom is -0.465 e. The van der Waals surface area contributed by atoms with Crippen molar-refractivity contribution in [3.05, 3.63) is 122 Å². The van der Waals surface area contributed by atoms with E-state index >= 15 is 0 Å². The van der Waals surface area contributed by atoms with Crippen molar-refractivity contribution in [3.63, 3.8) is 0 Å². The van der Waals surface area contributed by atoms with Crippen LogP contribution in [0.2, 0.25) is 0 Å². The Bertz CT molecular complexity index is 1210. The van der Waals surface area contributed by atoms with Gasteiger partial charge < -0.3 is 18.9 Å². The second kappa shape index (κ2) is 14.0. The van der Waals surface area contributed by atoms with Gasteiger partial charge in [-0.3, -0.25) is 0 Å². The standard InChI is InChI=1S/C32H30O6/c1-23(2)31(33)37-21-5-19-35-29-15-11-27(12-16-29)25-7-9-26(10-8-25)28-13-17-30(18-14-28)36-20-6-22-38-32(34)24(3)4/h5-20H,1,3,21-22H2,2,4H3/b19-5+,20-6+. The zero-order valence-corrected chi connectivity index (χ0v) is 21.5. The van der Waals surface area contributed by atoms with Gasteiger partial charge in [-0.15, -0.1) is 0 Å². The average Bonchev–Trinajstić information content (AvgIpc) is 2.93. The van der Waals surface area contributed by atoms with Gasteiger partial charge >= 0.3 is 11.9 Å². The average molecular weight is 511 g/mol.